The van der Waals surface area contributed by atoms with Crippen LogP contribution >= 0.6 is 0 Å². The summed E-state index contributed by atoms with van der Waals surface area (Å²) in [7, 11) is -3.59. The number of rotatable bonds is 5. The minimum atomic E-state index is -3.59. The van der Waals surface area contributed by atoms with E-state index in [2.05, 4.69) is 4.72 Å². The van der Waals surface area contributed by atoms with E-state index in [9.17, 15) is 13.2 Å². The summed E-state index contributed by atoms with van der Waals surface area (Å²) in [6.07, 6.45) is 0.782. The van der Waals surface area contributed by atoms with Crippen molar-refractivity contribution in [2.45, 2.75) is 30.8 Å². The number of carbonyl (C=O) groups excluding carboxylic acids is 1. The molecule has 4 rings (SSSR count). The highest BCUT2D eigenvalue weighted by Crippen LogP contribution is 2.34. The van der Waals surface area contributed by atoms with Crippen molar-refractivity contribution in [3.63, 3.8) is 0 Å². The molecule has 1 heterocycles. The third-order valence-electron chi connectivity index (χ3n) is 5.12. The second kappa shape index (κ2) is 7.81. The molecular formula is C23H22N2O3S. The molecule has 3 aromatic rings. The van der Waals surface area contributed by atoms with Gasteiger partial charge in [0, 0.05) is 23.8 Å². The molecule has 0 fully saturated rings. The fourth-order valence-corrected chi connectivity index (χ4v) is 4.69. The van der Waals surface area contributed by atoms with Crippen molar-refractivity contribution in [2.75, 3.05) is 4.90 Å². The molecule has 0 radical (unpaired) electrons. The van der Waals surface area contributed by atoms with Gasteiger partial charge in [0.2, 0.25) is 10.0 Å². The Kier molecular flexibility index (Phi) is 5.22. The molecule has 148 valence electrons. The monoisotopic (exact) mass is 406 g/mol. The van der Waals surface area contributed by atoms with Crippen molar-refractivity contribution < 1.29 is 13.2 Å². The standard InChI is InChI=1S/C23H22N2O3S/c1-17-14-20-13-12-18(16-24-29(27,28)21-10-6-3-7-11-21)15-22(20)25(17)23(26)19-8-4-2-5-9-19/h2-13,15,17,24H,14,16H2,1H3/t17-/m1/s1. The van der Waals surface area contributed by atoms with E-state index in [-0.39, 0.29) is 23.4 Å². The normalized spacial score (nSPS) is 15.9. The van der Waals surface area contributed by atoms with Crippen LogP contribution in [0.1, 0.15) is 28.4 Å². The molecule has 0 saturated heterocycles. The number of benzene rings is 3. The smallest absolute Gasteiger partial charge is 0.258 e. The molecule has 1 N–H and O–H groups in total. The van der Waals surface area contributed by atoms with Crippen LogP contribution in [0, 0.1) is 0 Å². The van der Waals surface area contributed by atoms with Gasteiger partial charge in [0.05, 0.1) is 4.90 Å². The lowest BCUT2D eigenvalue weighted by Gasteiger charge is -2.23. The van der Waals surface area contributed by atoms with Gasteiger partial charge in [0.25, 0.3) is 5.91 Å². The molecule has 0 spiro atoms. The summed E-state index contributed by atoms with van der Waals surface area (Å²) in [5.74, 6) is -0.0427. The molecule has 1 aliphatic heterocycles. The number of nitrogens with zero attached hydrogens (tertiary/aromatic N) is 1. The maximum Gasteiger partial charge on any atom is 0.258 e. The molecule has 1 atom stereocenters. The number of hydrogen-bond acceptors (Lipinski definition) is 3. The molecule has 29 heavy (non-hydrogen) atoms. The quantitative estimate of drug-likeness (QED) is 0.702. The van der Waals surface area contributed by atoms with Gasteiger partial charge in [-0.25, -0.2) is 13.1 Å². The fraction of sp³-hybridized carbons (Fsp3) is 0.174. The molecule has 1 amide bonds. The van der Waals surface area contributed by atoms with Crippen molar-refractivity contribution in [3.05, 3.63) is 95.6 Å². The summed E-state index contributed by atoms with van der Waals surface area (Å²) in [5, 5.41) is 0. The van der Waals surface area contributed by atoms with Crippen LogP contribution in [0.25, 0.3) is 0 Å². The van der Waals surface area contributed by atoms with E-state index in [1.54, 1.807) is 35.2 Å². The first-order valence-electron chi connectivity index (χ1n) is 9.51. The minimum absolute atomic E-state index is 0.0427. The maximum absolute atomic E-state index is 13.0. The van der Waals surface area contributed by atoms with Crippen LogP contribution in [0.2, 0.25) is 0 Å². The fourth-order valence-electron chi connectivity index (χ4n) is 3.65. The third kappa shape index (κ3) is 3.95. The number of hydrogen-bond donors (Lipinski definition) is 1. The average molecular weight is 407 g/mol. The van der Waals surface area contributed by atoms with Crippen LogP contribution < -0.4 is 9.62 Å². The molecule has 0 saturated carbocycles. The first-order valence-corrected chi connectivity index (χ1v) is 11.0. The van der Waals surface area contributed by atoms with E-state index in [4.69, 9.17) is 0 Å². The molecule has 5 nitrogen and oxygen atoms in total. The van der Waals surface area contributed by atoms with Gasteiger partial charge < -0.3 is 4.90 Å². The Labute approximate surface area is 171 Å². The molecule has 0 unspecified atom stereocenters. The van der Waals surface area contributed by atoms with Gasteiger partial charge in [-0.15, -0.1) is 0 Å². The van der Waals surface area contributed by atoms with Crippen molar-refractivity contribution in [1.82, 2.24) is 4.72 Å². The number of amides is 1. The summed E-state index contributed by atoms with van der Waals surface area (Å²) in [5.41, 5.74) is 3.39. The Balaban J connectivity index is 1.57. The van der Waals surface area contributed by atoms with E-state index < -0.39 is 10.0 Å². The van der Waals surface area contributed by atoms with Gasteiger partial charge in [-0.1, -0.05) is 48.5 Å². The number of sulfonamides is 1. The van der Waals surface area contributed by atoms with Gasteiger partial charge in [-0.3, -0.25) is 4.79 Å². The first-order chi connectivity index (χ1) is 14.0. The van der Waals surface area contributed by atoms with Gasteiger partial charge >= 0.3 is 0 Å². The number of fused-ring (bicyclic) bond motifs is 1. The van der Waals surface area contributed by atoms with E-state index in [0.717, 1.165) is 23.2 Å². The Bertz CT molecular complexity index is 1130. The zero-order chi connectivity index (χ0) is 20.4. The third-order valence-corrected chi connectivity index (χ3v) is 6.54. The lowest BCUT2D eigenvalue weighted by atomic mass is 10.1. The van der Waals surface area contributed by atoms with Crippen LogP contribution in [0.15, 0.2) is 83.8 Å². The summed E-state index contributed by atoms with van der Waals surface area (Å²) >= 11 is 0. The molecular weight excluding hydrogens is 384 g/mol. The molecule has 6 heteroatoms. The molecule has 0 aromatic heterocycles. The lowest BCUT2D eigenvalue weighted by molar-refractivity contribution is 0.0981. The predicted molar refractivity (Wildman–Crippen MR) is 113 cm³/mol. The van der Waals surface area contributed by atoms with Crippen LogP contribution in [-0.4, -0.2) is 20.4 Å². The van der Waals surface area contributed by atoms with Gasteiger partial charge in [0.1, 0.15) is 0 Å². The van der Waals surface area contributed by atoms with Crippen molar-refractivity contribution >= 4 is 21.6 Å². The van der Waals surface area contributed by atoms with Crippen LogP contribution in [0.5, 0.6) is 0 Å². The van der Waals surface area contributed by atoms with E-state index in [1.807, 2.05) is 55.5 Å². The molecule has 0 aliphatic carbocycles. The maximum atomic E-state index is 13.0. The topological polar surface area (TPSA) is 66.5 Å². The number of carbonyl (C=O) groups is 1. The Morgan fingerprint density at radius 3 is 2.34 bits per heavy atom. The van der Waals surface area contributed by atoms with Gasteiger partial charge in [-0.2, -0.15) is 0 Å². The van der Waals surface area contributed by atoms with E-state index >= 15 is 0 Å². The lowest BCUT2D eigenvalue weighted by Crippen LogP contribution is -2.35. The van der Waals surface area contributed by atoms with Gasteiger partial charge in [-0.05, 0) is 54.8 Å². The Morgan fingerprint density at radius 1 is 1.00 bits per heavy atom. The van der Waals surface area contributed by atoms with Crippen LogP contribution in [-0.2, 0) is 23.0 Å². The summed E-state index contributed by atoms with van der Waals surface area (Å²) in [6.45, 7) is 2.19. The first kappa shape index (κ1) is 19.4. The van der Waals surface area contributed by atoms with Crippen LogP contribution in [0.4, 0.5) is 5.69 Å². The predicted octanol–water partition coefficient (Wildman–Crippen LogP) is 3.76. The second-order valence-corrected chi connectivity index (χ2v) is 8.96. The van der Waals surface area contributed by atoms with Crippen molar-refractivity contribution in [1.29, 1.82) is 0 Å². The van der Waals surface area contributed by atoms with Crippen molar-refractivity contribution in [2.24, 2.45) is 0 Å². The molecule has 3 aromatic carbocycles. The van der Waals surface area contributed by atoms with E-state index in [1.165, 1.54) is 0 Å². The Morgan fingerprint density at radius 2 is 1.66 bits per heavy atom. The highest BCUT2D eigenvalue weighted by Gasteiger charge is 2.31. The summed E-state index contributed by atoms with van der Waals surface area (Å²) in [6, 6.07) is 23.3. The number of anilines is 1. The molecule has 0 bridgehead atoms. The zero-order valence-corrected chi connectivity index (χ0v) is 16.9. The summed E-state index contributed by atoms with van der Waals surface area (Å²) in [4.78, 5) is 15.1. The van der Waals surface area contributed by atoms with E-state index in [0.29, 0.717) is 5.56 Å². The number of nitrogens with one attached hydrogen (secondary N) is 1. The highest BCUT2D eigenvalue weighted by molar-refractivity contribution is 7.89. The highest BCUT2D eigenvalue weighted by atomic mass is 32.2. The second-order valence-electron chi connectivity index (χ2n) is 7.19. The Hall–Kier alpha value is -2.96. The van der Waals surface area contributed by atoms with Crippen molar-refractivity contribution in [3.8, 4) is 0 Å². The average Bonchev–Trinajstić information content (AvgIpc) is 3.08. The SMILES string of the molecule is C[C@@H]1Cc2ccc(CNS(=O)(=O)c3ccccc3)cc2N1C(=O)c1ccccc1. The largest absolute Gasteiger partial charge is 0.305 e. The minimum Gasteiger partial charge on any atom is -0.305 e. The molecule has 1 aliphatic rings. The summed E-state index contributed by atoms with van der Waals surface area (Å²) < 4.78 is 27.6. The van der Waals surface area contributed by atoms with Crippen LogP contribution in [0.3, 0.4) is 0 Å². The van der Waals surface area contributed by atoms with Gasteiger partial charge in [0.15, 0.2) is 0 Å². The zero-order valence-electron chi connectivity index (χ0n) is 16.1.